The lowest BCUT2D eigenvalue weighted by Gasteiger charge is -2.25. The molecule has 2 aromatic rings. The van der Waals surface area contributed by atoms with Crippen molar-refractivity contribution in [3.63, 3.8) is 0 Å². The monoisotopic (exact) mass is 418 g/mol. The summed E-state index contributed by atoms with van der Waals surface area (Å²) < 4.78 is 1.23. The summed E-state index contributed by atoms with van der Waals surface area (Å²) in [6.07, 6.45) is 4.74. The highest BCUT2D eigenvalue weighted by atomic mass is 35.5. The van der Waals surface area contributed by atoms with Crippen LogP contribution in [0.4, 0.5) is 0 Å². The quantitative estimate of drug-likeness (QED) is 0.511. The zero-order valence-corrected chi connectivity index (χ0v) is 16.8. The van der Waals surface area contributed by atoms with Gasteiger partial charge in [-0.2, -0.15) is 5.10 Å². The molecule has 154 valence electrons. The van der Waals surface area contributed by atoms with Crippen molar-refractivity contribution in [2.75, 3.05) is 0 Å². The molecule has 0 unspecified atom stereocenters. The van der Waals surface area contributed by atoms with E-state index in [0.29, 0.717) is 0 Å². The van der Waals surface area contributed by atoms with E-state index in [1.807, 2.05) is 0 Å². The molecule has 0 bridgehead atoms. The largest absolute Gasteiger partial charge is 0.494 e. The van der Waals surface area contributed by atoms with Crippen molar-refractivity contribution in [3.8, 4) is 5.88 Å². The van der Waals surface area contributed by atoms with E-state index in [-0.39, 0.29) is 34.3 Å². The van der Waals surface area contributed by atoms with E-state index < -0.39 is 23.0 Å². The van der Waals surface area contributed by atoms with Crippen LogP contribution in [0.5, 0.6) is 5.88 Å². The number of carbonyl (C=O) groups excluding carboxylic acids is 1. The number of aromatic amines is 1. The summed E-state index contributed by atoms with van der Waals surface area (Å²) in [6.45, 7) is 1.73. The number of rotatable bonds is 5. The molecule has 0 radical (unpaired) electrons. The minimum absolute atomic E-state index is 0.114. The van der Waals surface area contributed by atoms with Gasteiger partial charge in [0.15, 0.2) is 0 Å². The number of amides is 1. The molecule has 0 saturated heterocycles. The van der Waals surface area contributed by atoms with Crippen molar-refractivity contribution >= 4 is 23.2 Å². The Morgan fingerprint density at radius 3 is 2.62 bits per heavy atom. The van der Waals surface area contributed by atoms with Gasteiger partial charge in [0.05, 0.1) is 16.3 Å². The maximum absolute atomic E-state index is 12.4. The van der Waals surface area contributed by atoms with Crippen LogP contribution in [-0.4, -0.2) is 26.3 Å². The average molecular weight is 419 g/mol. The van der Waals surface area contributed by atoms with Gasteiger partial charge in [-0.3, -0.25) is 19.1 Å². The van der Waals surface area contributed by atoms with Gasteiger partial charge in [0.25, 0.3) is 11.5 Å². The maximum Gasteiger partial charge on any atom is 0.331 e. The predicted molar refractivity (Wildman–Crippen MR) is 111 cm³/mol. The van der Waals surface area contributed by atoms with Crippen LogP contribution in [0, 0.1) is 0 Å². The fourth-order valence-electron chi connectivity index (χ4n) is 3.61. The number of H-pyrrole nitrogens is 1. The highest BCUT2D eigenvalue weighted by molar-refractivity contribution is 6.33. The van der Waals surface area contributed by atoms with Gasteiger partial charge in [-0.05, 0) is 31.4 Å². The van der Waals surface area contributed by atoms with Crippen molar-refractivity contribution in [1.82, 2.24) is 15.0 Å². The molecule has 9 heteroatoms. The second-order valence-corrected chi connectivity index (χ2v) is 7.36. The summed E-state index contributed by atoms with van der Waals surface area (Å²) >= 11 is 6.02. The molecule has 1 aliphatic carbocycles. The molecule has 1 aliphatic rings. The molecule has 1 amide bonds. The van der Waals surface area contributed by atoms with Crippen LogP contribution in [0.2, 0.25) is 5.02 Å². The van der Waals surface area contributed by atoms with Crippen molar-refractivity contribution in [2.45, 2.75) is 51.5 Å². The third-order valence-electron chi connectivity index (χ3n) is 5.09. The Labute approximate surface area is 172 Å². The van der Waals surface area contributed by atoms with Crippen LogP contribution in [0.15, 0.2) is 39.0 Å². The number of hydrazone groups is 1. The minimum atomic E-state index is -0.743. The molecule has 1 aromatic heterocycles. The van der Waals surface area contributed by atoms with E-state index in [1.54, 1.807) is 31.2 Å². The lowest BCUT2D eigenvalue weighted by Crippen LogP contribution is -2.37. The minimum Gasteiger partial charge on any atom is -0.494 e. The molecule has 0 aliphatic heterocycles. The van der Waals surface area contributed by atoms with E-state index in [4.69, 9.17) is 11.6 Å². The molecule has 1 aromatic carbocycles. The Morgan fingerprint density at radius 1 is 1.28 bits per heavy atom. The van der Waals surface area contributed by atoms with Gasteiger partial charge in [0.2, 0.25) is 5.88 Å². The Morgan fingerprint density at radius 2 is 1.97 bits per heavy atom. The SMILES string of the molecule is CC/C(=N\NC(=O)c1ccccc1Cl)c1c(O)n(C2CCCCC2)c(=O)[nH]c1=O. The van der Waals surface area contributed by atoms with E-state index in [2.05, 4.69) is 15.5 Å². The number of hydrogen-bond donors (Lipinski definition) is 3. The van der Waals surface area contributed by atoms with Gasteiger partial charge >= 0.3 is 5.69 Å². The second kappa shape index (κ2) is 9.09. The summed E-state index contributed by atoms with van der Waals surface area (Å²) in [5, 5.41) is 15.1. The van der Waals surface area contributed by atoms with Crippen molar-refractivity contribution in [3.05, 3.63) is 61.3 Å². The number of nitrogens with zero attached hydrogens (tertiary/aromatic N) is 2. The summed E-state index contributed by atoms with van der Waals surface area (Å²) in [7, 11) is 0. The van der Waals surface area contributed by atoms with Crippen LogP contribution >= 0.6 is 11.6 Å². The number of nitrogens with one attached hydrogen (secondary N) is 2. The first kappa shape index (κ1) is 20.9. The number of aromatic hydroxyl groups is 1. The molecule has 8 nitrogen and oxygen atoms in total. The smallest absolute Gasteiger partial charge is 0.331 e. The van der Waals surface area contributed by atoms with Gasteiger partial charge < -0.3 is 5.11 Å². The van der Waals surface area contributed by atoms with Gasteiger partial charge in [-0.1, -0.05) is 49.9 Å². The number of benzene rings is 1. The van der Waals surface area contributed by atoms with Gasteiger partial charge in [0, 0.05) is 6.04 Å². The van der Waals surface area contributed by atoms with E-state index >= 15 is 0 Å². The van der Waals surface area contributed by atoms with E-state index in [1.165, 1.54) is 4.57 Å². The van der Waals surface area contributed by atoms with Gasteiger partial charge in [-0.25, -0.2) is 10.2 Å². The van der Waals surface area contributed by atoms with Gasteiger partial charge in [-0.15, -0.1) is 0 Å². The molecule has 0 atom stereocenters. The third-order valence-corrected chi connectivity index (χ3v) is 5.42. The Bertz CT molecular complexity index is 1050. The molecule has 3 rings (SSSR count). The molecule has 1 heterocycles. The molecule has 0 spiro atoms. The maximum atomic E-state index is 12.4. The first-order valence-electron chi connectivity index (χ1n) is 9.63. The van der Waals surface area contributed by atoms with Crippen LogP contribution in [0.1, 0.15) is 67.4 Å². The number of halogens is 1. The summed E-state index contributed by atoms with van der Waals surface area (Å²) in [6, 6.07) is 6.32. The number of hydrogen-bond acceptors (Lipinski definition) is 5. The zero-order chi connectivity index (χ0) is 21.0. The van der Waals surface area contributed by atoms with Crippen LogP contribution in [-0.2, 0) is 0 Å². The third kappa shape index (κ3) is 4.42. The van der Waals surface area contributed by atoms with Crippen molar-refractivity contribution in [2.24, 2.45) is 5.10 Å². The van der Waals surface area contributed by atoms with Crippen LogP contribution in [0.25, 0.3) is 0 Å². The fourth-order valence-corrected chi connectivity index (χ4v) is 3.83. The van der Waals surface area contributed by atoms with Crippen molar-refractivity contribution in [1.29, 1.82) is 0 Å². The summed E-state index contributed by atoms with van der Waals surface area (Å²) in [5.41, 5.74) is 1.27. The molecule has 1 saturated carbocycles. The Kier molecular flexibility index (Phi) is 6.53. The summed E-state index contributed by atoms with van der Waals surface area (Å²) in [5.74, 6) is -0.962. The number of carbonyl (C=O) groups is 1. The molecule has 29 heavy (non-hydrogen) atoms. The van der Waals surface area contributed by atoms with Crippen LogP contribution in [0.3, 0.4) is 0 Å². The molecular weight excluding hydrogens is 396 g/mol. The predicted octanol–water partition coefficient (Wildman–Crippen LogP) is 2.94. The molecule has 3 N–H and O–H groups in total. The van der Waals surface area contributed by atoms with Crippen molar-refractivity contribution < 1.29 is 9.90 Å². The van der Waals surface area contributed by atoms with Gasteiger partial charge in [0.1, 0.15) is 5.56 Å². The normalized spacial score (nSPS) is 15.3. The van der Waals surface area contributed by atoms with E-state index in [0.717, 1.165) is 32.1 Å². The fraction of sp³-hybridized carbons (Fsp3) is 0.400. The first-order chi connectivity index (χ1) is 13.9. The Hall–Kier alpha value is -2.87. The standard InChI is InChI=1S/C20H23ClN4O4/c1-2-15(23-24-17(26)13-10-6-7-11-14(13)21)16-18(27)22-20(29)25(19(16)28)12-8-4-3-5-9-12/h6-7,10-12,28H,2-5,8-9H2,1H3,(H,24,26)(H,22,27,29)/b23-15+. The zero-order valence-electron chi connectivity index (χ0n) is 16.1. The molecule has 1 fully saturated rings. The molecular formula is C20H23ClN4O4. The highest BCUT2D eigenvalue weighted by Crippen LogP contribution is 2.30. The first-order valence-corrected chi connectivity index (χ1v) is 10.0. The lowest BCUT2D eigenvalue weighted by molar-refractivity contribution is 0.0955. The highest BCUT2D eigenvalue weighted by Gasteiger charge is 2.25. The van der Waals surface area contributed by atoms with Crippen LogP contribution < -0.4 is 16.7 Å². The van der Waals surface area contributed by atoms with E-state index in [9.17, 15) is 19.5 Å². The topological polar surface area (TPSA) is 117 Å². The summed E-state index contributed by atoms with van der Waals surface area (Å²) in [4.78, 5) is 39.4. The Balaban J connectivity index is 1.97. The number of aromatic nitrogens is 2. The second-order valence-electron chi connectivity index (χ2n) is 6.95. The average Bonchev–Trinajstić information content (AvgIpc) is 2.71. The lowest BCUT2D eigenvalue weighted by atomic mass is 9.95.